The SMILES string of the molecule is CCOC(=O)c1sc(S(=O)(=O)Cc2ccccc2)c2c1CC(C)(C)CC2=O. The Kier molecular flexibility index (Phi) is 5.27. The molecule has 0 fully saturated rings. The van der Waals surface area contributed by atoms with Crippen LogP contribution in [0, 0.1) is 5.41 Å². The fraction of sp³-hybridized carbons (Fsp3) is 0.400. The Labute approximate surface area is 163 Å². The molecule has 0 aliphatic heterocycles. The highest BCUT2D eigenvalue weighted by molar-refractivity contribution is 7.92. The molecule has 0 radical (unpaired) electrons. The number of fused-ring (bicyclic) bond motifs is 1. The number of hydrogen-bond donors (Lipinski definition) is 0. The summed E-state index contributed by atoms with van der Waals surface area (Å²) in [6.45, 7) is 5.77. The smallest absolute Gasteiger partial charge is 0.348 e. The molecule has 0 bridgehead atoms. The summed E-state index contributed by atoms with van der Waals surface area (Å²) in [4.78, 5) is 25.5. The number of ether oxygens (including phenoxy) is 1. The number of benzene rings is 1. The van der Waals surface area contributed by atoms with Crippen molar-refractivity contribution in [3.05, 3.63) is 51.9 Å². The first-order chi connectivity index (χ1) is 12.6. The number of esters is 1. The molecule has 1 aliphatic rings. The second-order valence-electron chi connectivity index (χ2n) is 7.48. The van der Waals surface area contributed by atoms with Gasteiger partial charge in [0.2, 0.25) is 0 Å². The largest absolute Gasteiger partial charge is 0.462 e. The number of rotatable bonds is 5. The van der Waals surface area contributed by atoms with Gasteiger partial charge in [-0.1, -0.05) is 44.2 Å². The fourth-order valence-corrected chi connectivity index (χ4v) is 6.61. The maximum absolute atomic E-state index is 13.1. The molecule has 144 valence electrons. The van der Waals surface area contributed by atoms with Crippen LogP contribution in [0.3, 0.4) is 0 Å². The molecule has 27 heavy (non-hydrogen) atoms. The van der Waals surface area contributed by atoms with Gasteiger partial charge in [0.15, 0.2) is 15.6 Å². The quantitative estimate of drug-likeness (QED) is 0.700. The molecule has 7 heteroatoms. The first kappa shape index (κ1) is 19.8. The summed E-state index contributed by atoms with van der Waals surface area (Å²) in [5.41, 5.74) is 1.03. The summed E-state index contributed by atoms with van der Waals surface area (Å²) < 4.78 is 31.3. The van der Waals surface area contributed by atoms with Gasteiger partial charge >= 0.3 is 5.97 Å². The van der Waals surface area contributed by atoms with Gasteiger partial charge in [-0.2, -0.15) is 0 Å². The van der Waals surface area contributed by atoms with Gasteiger partial charge in [-0.25, -0.2) is 13.2 Å². The summed E-state index contributed by atoms with van der Waals surface area (Å²) in [6, 6.07) is 8.82. The van der Waals surface area contributed by atoms with Crippen LogP contribution in [-0.4, -0.2) is 26.8 Å². The molecule has 0 saturated heterocycles. The number of carbonyl (C=O) groups excluding carboxylic acids is 2. The Bertz CT molecular complexity index is 985. The molecule has 0 unspecified atom stereocenters. The van der Waals surface area contributed by atoms with Crippen LogP contribution >= 0.6 is 11.3 Å². The molecule has 2 aromatic rings. The van der Waals surface area contributed by atoms with Gasteiger partial charge in [-0.15, -0.1) is 11.3 Å². The van der Waals surface area contributed by atoms with Crippen molar-refractivity contribution >= 4 is 32.9 Å². The standard InChI is InChI=1S/C20H22O5S2/c1-4-25-18(22)17-14-10-20(2,3)11-15(21)16(14)19(26-17)27(23,24)12-13-8-6-5-7-9-13/h5-9H,4,10-12H2,1-3H3. The molecule has 3 rings (SSSR count). The number of sulfone groups is 1. The van der Waals surface area contributed by atoms with Gasteiger partial charge in [-0.3, -0.25) is 4.79 Å². The predicted octanol–water partition coefficient (Wildman–Crippen LogP) is 4.05. The van der Waals surface area contributed by atoms with Crippen molar-refractivity contribution < 1.29 is 22.7 Å². The molecular formula is C20H22O5S2. The van der Waals surface area contributed by atoms with Gasteiger partial charge in [0.05, 0.1) is 17.9 Å². The van der Waals surface area contributed by atoms with Crippen LogP contribution in [0.25, 0.3) is 0 Å². The zero-order chi connectivity index (χ0) is 19.8. The summed E-state index contributed by atoms with van der Waals surface area (Å²) >= 11 is 0.871. The Morgan fingerprint density at radius 2 is 1.85 bits per heavy atom. The van der Waals surface area contributed by atoms with Crippen LogP contribution in [0.1, 0.15) is 58.3 Å². The van der Waals surface area contributed by atoms with Crippen LogP contribution in [0.15, 0.2) is 34.5 Å². The van der Waals surface area contributed by atoms with E-state index in [1.807, 2.05) is 19.9 Å². The first-order valence-corrected chi connectivity index (χ1v) is 11.2. The van der Waals surface area contributed by atoms with Crippen LogP contribution in [0.5, 0.6) is 0 Å². The zero-order valence-electron chi connectivity index (χ0n) is 15.6. The van der Waals surface area contributed by atoms with Crippen molar-refractivity contribution in [2.45, 2.75) is 43.6 Å². The molecule has 1 aromatic heterocycles. The number of ketones is 1. The lowest BCUT2D eigenvalue weighted by atomic mass is 9.74. The Morgan fingerprint density at radius 1 is 1.19 bits per heavy atom. The van der Waals surface area contributed by atoms with E-state index in [0.29, 0.717) is 17.5 Å². The fourth-order valence-electron chi connectivity index (χ4n) is 3.40. The zero-order valence-corrected chi connectivity index (χ0v) is 17.2. The maximum Gasteiger partial charge on any atom is 0.348 e. The van der Waals surface area contributed by atoms with Crippen LogP contribution < -0.4 is 0 Å². The number of thiophene rings is 1. The molecular weight excluding hydrogens is 384 g/mol. The number of carbonyl (C=O) groups is 2. The summed E-state index contributed by atoms with van der Waals surface area (Å²) in [5, 5.41) is 0. The third-order valence-electron chi connectivity index (χ3n) is 4.49. The average molecular weight is 407 g/mol. The average Bonchev–Trinajstić information content (AvgIpc) is 2.95. The van der Waals surface area contributed by atoms with E-state index >= 15 is 0 Å². The lowest BCUT2D eigenvalue weighted by Crippen LogP contribution is -2.28. The number of Topliss-reactive ketones (excluding diaryl/α,β-unsaturated/α-hetero) is 1. The maximum atomic E-state index is 13.1. The molecule has 0 spiro atoms. The molecule has 1 aliphatic carbocycles. The minimum absolute atomic E-state index is 0.00935. The first-order valence-electron chi connectivity index (χ1n) is 8.77. The van der Waals surface area contributed by atoms with Crippen molar-refractivity contribution in [3.63, 3.8) is 0 Å². The molecule has 0 atom stereocenters. The van der Waals surface area contributed by atoms with Crippen molar-refractivity contribution in [1.29, 1.82) is 0 Å². The lowest BCUT2D eigenvalue weighted by Gasteiger charge is -2.29. The predicted molar refractivity (Wildman–Crippen MR) is 104 cm³/mol. The molecule has 1 aromatic carbocycles. The van der Waals surface area contributed by atoms with Crippen LogP contribution in [-0.2, 0) is 26.7 Å². The second kappa shape index (κ2) is 7.20. The Morgan fingerprint density at radius 3 is 2.48 bits per heavy atom. The second-order valence-corrected chi connectivity index (χ2v) is 10.7. The monoisotopic (exact) mass is 406 g/mol. The highest BCUT2D eigenvalue weighted by atomic mass is 32.2. The third-order valence-corrected chi connectivity index (χ3v) is 7.99. The van der Waals surface area contributed by atoms with Gasteiger partial charge in [0, 0.05) is 6.42 Å². The van der Waals surface area contributed by atoms with E-state index < -0.39 is 15.8 Å². The van der Waals surface area contributed by atoms with E-state index in [1.165, 1.54) is 0 Å². The Balaban J connectivity index is 2.14. The summed E-state index contributed by atoms with van der Waals surface area (Å²) in [5.74, 6) is -0.996. The third kappa shape index (κ3) is 3.99. The van der Waals surface area contributed by atoms with Crippen molar-refractivity contribution in [2.75, 3.05) is 6.61 Å². The van der Waals surface area contributed by atoms with Crippen molar-refractivity contribution in [3.8, 4) is 0 Å². The van der Waals surface area contributed by atoms with E-state index in [1.54, 1.807) is 31.2 Å². The van der Waals surface area contributed by atoms with Crippen LogP contribution in [0.2, 0.25) is 0 Å². The Hall–Kier alpha value is -1.99. The minimum Gasteiger partial charge on any atom is -0.462 e. The van der Waals surface area contributed by atoms with Gasteiger partial charge in [-0.05, 0) is 29.9 Å². The molecule has 5 nitrogen and oxygen atoms in total. The molecule has 0 amide bonds. The lowest BCUT2D eigenvalue weighted by molar-refractivity contribution is 0.0530. The van der Waals surface area contributed by atoms with E-state index in [0.717, 1.165) is 11.3 Å². The highest BCUT2D eigenvalue weighted by Crippen LogP contribution is 2.44. The topological polar surface area (TPSA) is 77.5 Å². The molecule has 0 saturated carbocycles. The van der Waals surface area contributed by atoms with E-state index in [4.69, 9.17) is 4.74 Å². The van der Waals surface area contributed by atoms with Crippen LogP contribution in [0.4, 0.5) is 0 Å². The highest BCUT2D eigenvalue weighted by Gasteiger charge is 2.40. The summed E-state index contributed by atoms with van der Waals surface area (Å²) in [6.07, 6.45) is 0.729. The van der Waals surface area contributed by atoms with Crippen molar-refractivity contribution in [2.24, 2.45) is 5.41 Å². The van der Waals surface area contributed by atoms with Gasteiger partial charge in [0.25, 0.3) is 0 Å². The van der Waals surface area contributed by atoms with Gasteiger partial charge < -0.3 is 4.74 Å². The summed E-state index contributed by atoms with van der Waals surface area (Å²) in [7, 11) is -3.76. The molecule has 0 N–H and O–H groups in total. The van der Waals surface area contributed by atoms with Crippen molar-refractivity contribution in [1.82, 2.24) is 0 Å². The van der Waals surface area contributed by atoms with E-state index in [9.17, 15) is 18.0 Å². The normalized spacial score (nSPS) is 16.0. The van der Waals surface area contributed by atoms with Gasteiger partial charge in [0.1, 0.15) is 9.09 Å². The minimum atomic E-state index is -3.76. The molecule has 1 heterocycles. The number of hydrogen-bond acceptors (Lipinski definition) is 6. The van der Waals surface area contributed by atoms with E-state index in [2.05, 4.69) is 0 Å². The van der Waals surface area contributed by atoms with E-state index in [-0.39, 0.29) is 44.6 Å².